The first-order chi connectivity index (χ1) is 16.5. The number of cyclic esters (lactones) is 1. The topological polar surface area (TPSA) is 71.4 Å². The Morgan fingerprint density at radius 1 is 1.09 bits per heavy atom. The number of esters is 1. The first-order valence-electron chi connectivity index (χ1n) is 11.8. The maximum Gasteiger partial charge on any atom is 0.365 e. The third-order valence-corrected chi connectivity index (χ3v) is 6.90. The monoisotopic (exact) mass is 459 g/mol. The van der Waals surface area contributed by atoms with Crippen LogP contribution in [0.2, 0.25) is 0 Å². The number of hydrogen-bond donors (Lipinski definition) is 0. The van der Waals surface area contributed by atoms with Gasteiger partial charge in [0.05, 0.1) is 13.2 Å². The zero-order chi connectivity index (χ0) is 23.7. The van der Waals surface area contributed by atoms with E-state index in [4.69, 9.17) is 9.47 Å². The number of aryl methyl sites for hydroxylation is 1. The predicted molar refractivity (Wildman–Crippen MR) is 129 cm³/mol. The number of ether oxygens (including phenoxy) is 2. The second-order valence-corrected chi connectivity index (χ2v) is 9.07. The van der Waals surface area contributed by atoms with Crippen molar-refractivity contribution in [3.8, 4) is 5.75 Å². The first-order valence-corrected chi connectivity index (χ1v) is 11.8. The number of fused-ring (bicyclic) bond motifs is 1. The van der Waals surface area contributed by atoms with E-state index in [0.29, 0.717) is 30.1 Å². The van der Waals surface area contributed by atoms with Crippen molar-refractivity contribution in [3.63, 3.8) is 0 Å². The summed E-state index contributed by atoms with van der Waals surface area (Å²) in [4.78, 5) is 34.6. The SMILES string of the molecule is COc1cccc(C2=NC(=CN3CCN(C(=O)c4ccc(C)cc4)C4CCCCC43)C(=O)O2)c1. The van der Waals surface area contributed by atoms with Gasteiger partial charge in [0.2, 0.25) is 5.90 Å². The fourth-order valence-electron chi connectivity index (χ4n) is 5.11. The van der Waals surface area contributed by atoms with Gasteiger partial charge in [-0.05, 0) is 50.1 Å². The largest absolute Gasteiger partial charge is 0.497 e. The van der Waals surface area contributed by atoms with Crippen LogP contribution in [0.3, 0.4) is 0 Å². The van der Waals surface area contributed by atoms with Crippen molar-refractivity contribution in [2.75, 3.05) is 20.2 Å². The van der Waals surface area contributed by atoms with Crippen LogP contribution in [0.1, 0.15) is 47.2 Å². The van der Waals surface area contributed by atoms with Crippen LogP contribution < -0.4 is 4.74 Å². The Hall–Kier alpha value is -3.61. The van der Waals surface area contributed by atoms with Gasteiger partial charge in [-0.3, -0.25) is 4.79 Å². The first kappa shape index (κ1) is 22.2. The van der Waals surface area contributed by atoms with Crippen LogP contribution in [0.5, 0.6) is 5.75 Å². The summed E-state index contributed by atoms with van der Waals surface area (Å²) in [5.41, 5.74) is 2.86. The van der Waals surface area contributed by atoms with Crippen molar-refractivity contribution in [1.29, 1.82) is 0 Å². The van der Waals surface area contributed by atoms with E-state index in [0.717, 1.165) is 36.8 Å². The van der Waals surface area contributed by atoms with E-state index in [1.165, 1.54) is 0 Å². The minimum atomic E-state index is -0.455. The van der Waals surface area contributed by atoms with Crippen LogP contribution in [-0.2, 0) is 9.53 Å². The summed E-state index contributed by atoms with van der Waals surface area (Å²) < 4.78 is 10.7. The number of rotatable bonds is 4. The summed E-state index contributed by atoms with van der Waals surface area (Å²) in [7, 11) is 1.59. The number of piperazine rings is 1. The van der Waals surface area contributed by atoms with Gasteiger partial charge in [-0.2, -0.15) is 0 Å². The molecule has 2 fully saturated rings. The molecule has 2 aromatic carbocycles. The van der Waals surface area contributed by atoms with E-state index in [9.17, 15) is 9.59 Å². The molecule has 176 valence electrons. The van der Waals surface area contributed by atoms with E-state index in [2.05, 4.69) is 9.89 Å². The van der Waals surface area contributed by atoms with Crippen LogP contribution in [0, 0.1) is 6.92 Å². The third kappa shape index (κ3) is 4.30. The molecule has 0 radical (unpaired) electrons. The predicted octanol–water partition coefficient (Wildman–Crippen LogP) is 3.92. The van der Waals surface area contributed by atoms with Crippen molar-refractivity contribution < 1.29 is 19.1 Å². The Morgan fingerprint density at radius 3 is 2.62 bits per heavy atom. The molecule has 1 amide bonds. The highest BCUT2D eigenvalue weighted by molar-refractivity contribution is 6.11. The van der Waals surface area contributed by atoms with Gasteiger partial charge >= 0.3 is 5.97 Å². The highest BCUT2D eigenvalue weighted by Crippen LogP contribution is 2.32. The molecule has 2 atom stereocenters. The van der Waals surface area contributed by atoms with Gasteiger partial charge < -0.3 is 19.3 Å². The Morgan fingerprint density at radius 2 is 1.85 bits per heavy atom. The average molecular weight is 460 g/mol. The van der Waals surface area contributed by atoms with Gasteiger partial charge in [0.25, 0.3) is 5.91 Å². The highest BCUT2D eigenvalue weighted by atomic mass is 16.6. The number of benzene rings is 2. The molecule has 2 aliphatic heterocycles. The lowest BCUT2D eigenvalue weighted by Crippen LogP contribution is -2.60. The van der Waals surface area contributed by atoms with E-state index in [1.54, 1.807) is 13.2 Å². The molecule has 0 aromatic heterocycles. The Bertz CT molecular complexity index is 1150. The van der Waals surface area contributed by atoms with Crippen LogP contribution in [0.15, 0.2) is 65.4 Å². The molecule has 5 rings (SSSR count). The molecule has 0 bridgehead atoms. The van der Waals surface area contributed by atoms with Crippen molar-refractivity contribution in [2.24, 2.45) is 4.99 Å². The summed E-state index contributed by atoms with van der Waals surface area (Å²) in [5, 5.41) is 0. The molecule has 2 heterocycles. The zero-order valence-corrected chi connectivity index (χ0v) is 19.6. The van der Waals surface area contributed by atoms with Crippen molar-refractivity contribution in [1.82, 2.24) is 9.80 Å². The quantitative estimate of drug-likeness (QED) is 0.512. The Balaban J connectivity index is 1.37. The van der Waals surface area contributed by atoms with Crippen LogP contribution in [0.4, 0.5) is 0 Å². The van der Waals surface area contributed by atoms with Gasteiger partial charge in [0.15, 0.2) is 5.70 Å². The van der Waals surface area contributed by atoms with E-state index in [-0.39, 0.29) is 23.9 Å². The smallest absolute Gasteiger partial charge is 0.365 e. The van der Waals surface area contributed by atoms with Gasteiger partial charge in [0.1, 0.15) is 5.75 Å². The molecule has 1 saturated carbocycles. The molecule has 7 nitrogen and oxygen atoms in total. The highest BCUT2D eigenvalue weighted by Gasteiger charge is 2.40. The number of nitrogens with zero attached hydrogens (tertiary/aromatic N) is 3. The Kier molecular flexibility index (Phi) is 6.09. The Labute approximate surface area is 199 Å². The van der Waals surface area contributed by atoms with Gasteiger partial charge in [-0.15, -0.1) is 0 Å². The van der Waals surface area contributed by atoms with E-state index in [1.807, 2.05) is 60.5 Å². The standard InChI is InChI=1S/C27H29N3O4/c1-18-10-12-19(13-11-18)26(31)30-15-14-29(23-8-3-4-9-24(23)30)17-22-27(32)34-25(28-22)20-6-5-7-21(16-20)33-2/h5-7,10-13,16-17,23-24H,3-4,8-9,14-15H2,1-2H3. The number of amides is 1. The van der Waals surface area contributed by atoms with E-state index >= 15 is 0 Å². The summed E-state index contributed by atoms with van der Waals surface area (Å²) in [6, 6.07) is 15.4. The molecule has 2 unspecified atom stereocenters. The summed E-state index contributed by atoms with van der Waals surface area (Å²) >= 11 is 0. The average Bonchev–Trinajstić information content (AvgIpc) is 3.24. The lowest BCUT2D eigenvalue weighted by molar-refractivity contribution is -0.130. The third-order valence-electron chi connectivity index (χ3n) is 6.90. The van der Waals surface area contributed by atoms with Crippen molar-refractivity contribution >= 4 is 17.8 Å². The van der Waals surface area contributed by atoms with Crippen molar-refractivity contribution in [3.05, 3.63) is 77.1 Å². The number of carbonyl (C=O) groups is 2. The van der Waals surface area contributed by atoms with Gasteiger partial charge in [-0.1, -0.05) is 36.6 Å². The second kappa shape index (κ2) is 9.33. The minimum absolute atomic E-state index is 0.0859. The van der Waals surface area contributed by atoms with Gasteiger partial charge in [-0.25, -0.2) is 9.79 Å². The number of hydrogen-bond acceptors (Lipinski definition) is 6. The maximum atomic E-state index is 13.3. The lowest BCUT2D eigenvalue weighted by Gasteiger charge is -2.49. The normalized spacial score (nSPS) is 23.4. The molecular formula is C27H29N3O4. The molecule has 2 aromatic rings. The van der Waals surface area contributed by atoms with Crippen molar-refractivity contribution in [2.45, 2.75) is 44.7 Å². The molecule has 1 aliphatic carbocycles. The summed E-state index contributed by atoms with van der Waals surface area (Å²) in [6.45, 7) is 3.28. The van der Waals surface area contributed by atoms with Crippen LogP contribution >= 0.6 is 0 Å². The van der Waals surface area contributed by atoms with E-state index < -0.39 is 5.97 Å². The molecule has 7 heteroatoms. The molecule has 0 N–H and O–H groups in total. The summed E-state index contributed by atoms with van der Waals surface area (Å²) in [6.07, 6.45) is 5.98. The zero-order valence-electron chi connectivity index (χ0n) is 19.6. The fraction of sp³-hybridized carbons (Fsp3) is 0.370. The minimum Gasteiger partial charge on any atom is -0.497 e. The lowest BCUT2D eigenvalue weighted by atomic mass is 9.86. The second-order valence-electron chi connectivity index (χ2n) is 9.07. The molecular weight excluding hydrogens is 430 g/mol. The summed E-state index contributed by atoms with van der Waals surface area (Å²) in [5.74, 6) is 0.586. The molecule has 3 aliphatic rings. The number of carbonyl (C=O) groups excluding carboxylic acids is 2. The fourth-order valence-corrected chi connectivity index (χ4v) is 5.11. The molecule has 34 heavy (non-hydrogen) atoms. The molecule has 0 spiro atoms. The number of methoxy groups -OCH3 is 1. The maximum absolute atomic E-state index is 13.3. The molecule has 1 saturated heterocycles. The van der Waals surface area contributed by atoms with Crippen LogP contribution in [0.25, 0.3) is 0 Å². The van der Waals surface area contributed by atoms with Gasteiger partial charge in [0, 0.05) is 36.5 Å². The number of aliphatic imine (C=N–C) groups is 1. The van der Waals surface area contributed by atoms with Crippen LogP contribution in [-0.4, -0.2) is 59.9 Å².